The first-order chi connectivity index (χ1) is 7.66. The van der Waals surface area contributed by atoms with E-state index in [0.29, 0.717) is 18.2 Å². The molecule has 1 aliphatic rings. The SMILES string of the molecule is CC(CC1CC1)NCc1cccc(F)c1O. The van der Waals surface area contributed by atoms with Crippen LogP contribution in [0.15, 0.2) is 18.2 Å². The fourth-order valence-electron chi connectivity index (χ4n) is 1.92. The van der Waals surface area contributed by atoms with Gasteiger partial charge in [-0.2, -0.15) is 0 Å². The molecule has 1 aromatic carbocycles. The Morgan fingerprint density at radius 1 is 1.50 bits per heavy atom. The van der Waals surface area contributed by atoms with Gasteiger partial charge in [-0.15, -0.1) is 0 Å². The lowest BCUT2D eigenvalue weighted by Crippen LogP contribution is -2.25. The molecule has 0 aliphatic heterocycles. The van der Waals surface area contributed by atoms with E-state index in [-0.39, 0.29) is 5.75 Å². The summed E-state index contributed by atoms with van der Waals surface area (Å²) in [6.07, 6.45) is 3.87. The third-order valence-corrected chi connectivity index (χ3v) is 3.10. The van der Waals surface area contributed by atoms with Crippen LogP contribution in [0.1, 0.15) is 31.7 Å². The molecule has 0 aromatic heterocycles. The summed E-state index contributed by atoms with van der Waals surface area (Å²) < 4.78 is 13.0. The molecule has 0 radical (unpaired) electrons. The van der Waals surface area contributed by atoms with E-state index in [1.807, 2.05) is 0 Å². The number of hydrogen-bond donors (Lipinski definition) is 2. The highest BCUT2D eigenvalue weighted by Crippen LogP contribution is 2.33. The Morgan fingerprint density at radius 3 is 2.94 bits per heavy atom. The zero-order valence-corrected chi connectivity index (χ0v) is 9.54. The summed E-state index contributed by atoms with van der Waals surface area (Å²) in [6, 6.07) is 5.06. The topological polar surface area (TPSA) is 32.3 Å². The molecule has 3 heteroatoms. The normalized spacial score (nSPS) is 17.4. The molecule has 2 N–H and O–H groups in total. The molecule has 1 aliphatic carbocycles. The predicted octanol–water partition coefficient (Wildman–Crippen LogP) is 2.81. The number of phenols is 1. The molecule has 0 heterocycles. The lowest BCUT2D eigenvalue weighted by Gasteiger charge is -2.14. The van der Waals surface area contributed by atoms with Gasteiger partial charge in [0.2, 0.25) is 0 Å². The van der Waals surface area contributed by atoms with Crippen molar-refractivity contribution in [1.29, 1.82) is 0 Å². The lowest BCUT2D eigenvalue weighted by atomic mass is 10.1. The molecule has 16 heavy (non-hydrogen) atoms. The van der Waals surface area contributed by atoms with Crippen molar-refractivity contribution in [1.82, 2.24) is 5.32 Å². The first-order valence-corrected chi connectivity index (χ1v) is 5.86. The number of phenolic OH excluding ortho intramolecular Hbond substituents is 1. The van der Waals surface area contributed by atoms with Gasteiger partial charge < -0.3 is 10.4 Å². The highest BCUT2D eigenvalue weighted by Gasteiger charge is 2.23. The Balaban J connectivity index is 1.85. The zero-order valence-electron chi connectivity index (χ0n) is 9.54. The van der Waals surface area contributed by atoms with Gasteiger partial charge in [0.1, 0.15) is 0 Å². The summed E-state index contributed by atoms with van der Waals surface area (Å²) in [4.78, 5) is 0. The first-order valence-electron chi connectivity index (χ1n) is 5.86. The molecular weight excluding hydrogens is 205 g/mol. The molecule has 2 rings (SSSR count). The number of benzene rings is 1. The van der Waals surface area contributed by atoms with Gasteiger partial charge in [0, 0.05) is 18.2 Å². The van der Waals surface area contributed by atoms with Crippen molar-refractivity contribution in [3.63, 3.8) is 0 Å². The van der Waals surface area contributed by atoms with Crippen molar-refractivity contribution >= 4 is 0 Å². The molecule has 0 spiro atoms. The standard InChI is InChI=1S/C13H18FNO/c1-9(7-10-5-6-10)15-8-11-3-2-4-12(14)13(11)16/h2-4,9-10,15-16H,5-8H2,1H3. The Labute approximate surface area is 95.5 Å². The minimum absolute atomic E-state index is 0.228. The molecule has 1 aromatic rings. The van der Waals surface area contributed by atoms with E-state index in [1.165, 1.54) is 25.3 Å². The Bertz CT molecular complexity index is 363. The fraction of sp³-hybridized carbons (Fsp3) is 0.538. The second-order valence-electron chi connectivity index (χ2n) is 4.71. The maximum absolute atomic E-state index is 13.0. The van der Waals surface area contributed by atoms with Crippen LogP contribution in [-0.4, -0.2) is 11.1 Å². The van der Waals surface area contributed by atoms with Crippen molar-refractivity contribution in [2.75, 3.05) is 0 Å². The predicted molar refractivity (Wildman–Crippen MR) is 61.7 cm³/mol. The van der Waals surface area contributed by atoms with Gasteiger partial charge in [-0.3, -0.25) is 0 Å². The van der Waals surface area contributed by atoms with E-state index in [4.69, 9.17) is 0 Å². The highest BCUT2D eigenvalue weighted by atomic mass is 19.1. The molecule has 88 valence electrons. The smallest absolute Gasteiger partial charge is 0.165 e. The molecule has 1 saturated carbocycles. The summed E-state index contributed by atoms with van der Waals surface area (Å²) in [5.41, 5.74) is 0.627. The highest BCUT2D eigenvalue weighted by molar-refractivity contribution is 5.33. The zero-order chi connectivity index (χ0) is 11.5. The average molecular weight is 223 g/mol. The molecule has 1 atom stereocenters. The van der Waals surface area contributed by atoms with E-state index >= 15 is 0 Å². The Morgan fingerprint density at radius 2 is 2.25 bits per heavy atom. The van der Waals surface area contributed by atoms with E-state index in [2.05, 4.69) is 12.2 Å². The number of para-hydroxylation sites is 1. The summed E-state index contributed by atoms with van der Waals surface area (Å²) in [5, 5.41) is 12.8. The van der Waals surface area contributed by atoms with Gasteiger partial charge in [0.05, 0.1) is 0 Å². The maximum Gasteiger partial charge on any atom is 0.165 e. The third-order valence-electron chi connectivity index (χ3n) is 3.10. The molecule has 2 nitrogen and oxygen atoms in total. The summed E-state index contributed by atoms with van der Waals surface area (Å²) in [5.74, 6) is 0.103. The molecule has 0 bridgehead atoms. The van der Waals surface area contributed by atoms with Crippen LogP contribution in [0.25, 0.3) is 0 Å². The summed E-state index contributed by atoms with van der Waals surface area (Å²) >= 11 is 0. The number of rotatable bonds is 5. The van der Waals surface area contributed by atoms with Gasteiger partial charge in [-0.25, -0.2) is 4.39 Å². The van der Waals surface area contributed by atoms with Gasteiger partial charge >= 0.3 is 0 Å². The fourth-order valence-corrected chi connectivity index (χ4v) is 1.92. The van der Waals surface area contributed by atoms with Crippen molar-refractivity contribution in [3.05, 3.63) is 29.6 Å². The number of aromatic hydroxyl groups is 1. The molecule has 1 fully saturated rings. The van der Waals surface area contributed by atoms with Gasteiger partial charge in [-0.05, 0) is 25.3 Å². The van der Waals surface area contributed by atoms with Crippen molar-refractivity contribution in [3.8, 4) is 5.75 Å². The lowest BCUT2D eigenvalue weighted by molar-refractivity contribution is 0.417. The second-order valence-corrected chi connectivity index (χ2v) is 4.71. The van der Waals surface area contributed by atoms with Crippen LogP contribution >= 0.6 is 0 Å². The number of halogens is 1. The van der Waals surface area contributed by atoms with Gasteiger partial charge in [0.25, 0.3) is 0 Å². The molecule has 1 unspecified atom stereocenters. The summed E-state index contributed by atoms with van der Waals surface area (Å²) in [7, 11) is 0. The van der Waals surface area contributed by atoms with Crippen molar-refractivity contribution in [2.24, 2.45) is 5.92 Å². The van der Waals surface area contributed by atoms with Crippen LogP contribution in [0.3, 0.4) is 0 Å². The first kappa shape index (κ1) is 11.4. The van der Waals surface area contributed by atoms with E-state index in [1.54, 1.807) is 12.1 Å². The quantitative estimate of drug-likeness (QED) is 0.804. The van der Waals surface area contributed by atoms with Crippen LogP contribution in [0.5, 0.6) is 5.75 Å². The van der Waals surface area contributed by atoms with Crippen LogP contribution in [0.4, 0.5) is 4.39 Å². The van der Waals surface area contributed by atoms with Crippen LogP contribution in [0.2, 0.25) is 0 Å². The van der Waals surface area contributed by atoms with E-state index in [0.717, 1.165) is 5.92 Å². The number of hydrogen-bond acceptors (Lipinski definition) is 2. The minimum Gasteiger partial charge on any atom is -0.505 e. The van der Waals surface area contributed by atoms with Crippen LogP contribution in [-0.2, 0) is 6.54 Å². The molecular formula is C13H18FNO. The van der Waals surface area contributed by atoms with Crippen molar-refractivity contribution in [2.45, 2.75) is 38.8 Å². The average Bonchev–Trinajstić information content (AvgIpc) is 3.04. The largest absolute Gasteiger partial charge is 0.505 e. The Hall–Kier alpha value is -1.09. The monoisotopic (exact) mass is 223 g/mol. The molecule has 0 saturated heterocycles. The van der Waals surface area contributed by atoms with Gasteiger partial charge in [0.15, 0.2) is 11.6 Å². The van der Waals surface area contributed by atoms with Crippen LogP contribution in [0, 0.1) is 11.7 Å². The van der Waals surface area contributed by atoms with E-state index < -0.39 is 5.82 Å². The Kier molecular flexibility index (Phi) is 3.44. The summed E-state index contributed by atoms with van der Waals surface area (Å²) in [6.45, 7) is 2.66. The second kappa shape index (κ2) is 4.83. The van der Waals surface area contributed by atoms with Crippen LogP contribution < -0.4 is 5.32 Å². The third kappa shape index (κ3) is 2.95. The van der Waals surface area contributed by atoms with Gasteiger partial charge in [-0.1, -0.05) is 25.0 Å². The molecule has 0 amide bonds. The van der Waals surface area contributed by atoms with E-state index in [9.17, 15) is 9.50 Å². The minimum atomic E-state index is -0.547. The maximum atomic E-state index is 13.0. The number of nitrogens with one attached hydrogen (secondary N) is 1. The van der Waals surface area contributed by atoms with Crippen molar-refractivity contribution < 1.29 is 9.50 Å².